The van der Waals surface area contributed by atoms with Crippen molar-refractivity contribution >= 4 is 12.1 Å². The molecular weight excluding hydrogens is 313 g/mol. The molecule has 0 heterocycles. The first kappa shape index (κ1) is 17.5. The van der Waals surface area contributed by atoms with Crippen LogP contribution in [0.1, 0.15) is 17.5 Å². The Morgan fingerprint density at radius 2 is 1.71 bits per heavy atom. The van der Waals surface area contributed by atoms with Crippen molar-refractivity contribution in [2.75, 3.05) is 0 Å². The Balaban J connectivity index is 1.91. The Bertz CT molecular complexity index is 673. The predicted octanol–water partition coefficient (Wildman–Crippen LogP) is 3.14. The quantitative estimate of drug-likeness (QED) is 0.817. The third kappa shape index (κ3) is 6.08. The smallest absolute Gasteiger partial charge is 0.407 e. The van der Waals surface area contributed by atoms with E-state index in [4.69, 9.17) is 9.84 Å². The molecule has 0 fully saturated rings. The minimum Gasteiger partial charge on any atom is -0.481 e. The fraction of sp³-hybridized carbons (Fsp3) is 0.222. The molecule has 1 atom stereocenters. The molecule has 0 aliphatic rings. The number of nitrogens with one attached hydrogen (secondary N) is 1. The third-order valence-corrected chi connectivity index (χ3v) is 3.35. The number of hydrogen-bond donors (Lipinski definition) is 2. The van der Waals surface area contributed by atoms with Gasteiger partial charge in [0.25, 0.3) is 0 Å². The van der Waals surface area contributed by atoms with E-state index in [-0.39, 0.29) is 25.3 Å². The first-order valence-electron chi connectivity index (χ1n) is 7.46. The number of hydrogen-bond acceptors (Lipinski definition) is 3. The number of carbonyl (C=O) groups is 2. The Labute approximate surface area is 139 Å². The monoisotopic (exact) mass is 331 g/mol. The molecule has 2 aromatic rings. The van der Waals surface area contributed by atoms with Gasteiger partial charge in [0.2, 0.25) is 0 Å². The molecule has 0 saturated carbocycles. The van der Waals surface area contributed by atoms with E-state index >= 15 is 0 Å². The van der Waals surface area contributed by atoms with Crippen LogP contribution in [0, 0.1) is 5.82 Å². The van der Waals surface area contributed by atoms with Crippen molar-refractivity contribution in [2.24, 2.45) is 0 Å². The number of alkyl carbamates (subject to hydrolysis) is 1. The number of aliphatic carboxylic acids is 1. The van der Waals surface area contributed by atoms with Gasteiger partial charge in [0.05, 0.1) is 6.42 Å². The summed E-state index contributed by atoms with van der Waals surface area (Å²) in [4.78, 5) is 22.8. The van der Waals surface area contributed by atoms with Crippen LogP contribution in [0.3, 0.4) is 0 Å². The number of carboxylic acids is 1. The van der Waals surface area contributed by atoms with Gasteiger partial charge in [-0.15, -0.1) is 0 Å². The highest BCUT2D eigenvalue weighted by Crippen LogP contribution is 2.09. The molecule has 2 rings (SSSR count). The Hall–Kier alpha value is -2.89. The normalized spacial score (nSPS) is 11.5. The summed E-state index contributed by atoms with van der Waals surface area (Å²) in [7, 11) is 0. The van der Waals surface area contributed by atoms with Gasteiger partial charge >= 0.3 is 12.1 Å². The maximum absolute atomic E-state index is 12.9. The maximum Gasteiger partial charge on any atom is 0.407 e. The second-order valence-electron chi connectivity index (χ2n) is 5.33. The van der Waals surface area contributed by atoms with Gasteiger partial charge in [0.15, 0.2) is 0 Å². The summed E-state index contributed by atoms with van der Waals surface area (Å²) in [6, 6.07) is 14.2. The van der Waals surface area contributed by atoms with E-state index in [1.165, 1.54) is 12.1 Å². The Morgan fingerprint density at radius 3 is 2.33 bits per heavy atom. The van der Waals surface area contributed by atoms with Gasteiger partial charge in [-0.1, -0.05) is 42.5 Å². The lowest BCUT2D eigenvalue weighted by atomic mass is 10.0. The van der Waals surface area contributed by atoms with Crippen molar-refractivity contribution in [1.82, 2.24) is 5.32 Å². The highest BCUT2D eigenvalue weighted by molar-refractivity contribution is 5.71. The lowest BCUT2D eigenvalue weighted by molar-refractivity contribution is -0.137. The van der Waals surface area contributed by atoms with E-state index < -0.39 is 18.1 Å². The zero-order valence-electron chi connectivity index (χ0n) is 12.9. The fourth-order valence-corrected chi connectivity index (χ4v) is 2.22. The summed E-state index contributed by atoms with van der Waals surface area (Å²) in [5.74, 6) is -1.41. The molecule has 0 aliphatic heterocycles. The highest BCUT2D eigenvalue weighted by Gasteiger charge is 2.17. The van der Waals surface area contributed by atoms with Gasteiger partial charge in [0, 0.05) is 6.04 Å². The third-order valence-electron chi connectivity index (χ3n) is 3.35. The standard InChI is InChI=1S/C18H18FNO4/c19-15-8-6-13(7-9-15)10-16(11-17(21)22)20-18(23)24-12-14-4-2-1-3-5-14/h1-9,16H,10-12H2,(H,20,23)(H,21,22)/t16-/m0/s1. The second-order valence-corrected chi connectivity index (χ2v) is 5.33. The van der Waals surface area contributed by atoms with E-state index in [0.717, 1.165) is 11.1 Å². The summed E-state index contributed by atoms with van der Waals surface area (Å²) in [5.41, 5.74) is 1.56. The number of carboxylic acid groups (broad SMARTS) is 1. The van der Waals surface area contributed by atoms with Crippen molar-refractivity contribution in [3.8, 4) is 0 Å². The van der Waals surface area contributed by atoms with Gasteiger partial charge < -0.3 is 15.2 Å². The van der Waals surface area contributed by atoms with Crippen molar-refractivity contribution in [2.45, 2.75) is 25.5 Å². The van der Waals surface area contributed by atoms with Crippen LogP contribution in [0.4, 0.5) is 9.18 Å². The minimum absolute atomic E-state index is 0.100. The van der Waals surface area contributed by atoms with E-state index in [9.17, 15) is 14.0 Å². The summed E-state index contributed by atoms with van der Waals surface area (Å²) in [5, 5.41) is 11.5. The zero-order chi connectivity index (χ0) is 17.4. The topological polar surface area (TPSA) is 75.6 Å². The zero-order valence-corrected chi connectivity index (χ0v) is 12.9. The van der Waals surface area contributed by atoms with Crippen molar-refractivity contribution in [3.63, 3.8) is 0 Å². The molecule has 126 valence electrons. The summed E-state index contributed by atoms with van der Waals surface area (Å²) in [6.45, 7) is 0.100. The van der Waals surface area contributed by atoms with Crippen LogP contribution in [0.2, 0.25) is 0 Å². The molecule has 0 radical (unpaired) electrons. The number of amides is 1. The van der Waals surface area contributed by atoms with Gasteiger partial charge in [-0.3, -0.25) is 4.79 Å². The van der Waals surface area contributed by atoms with Gasteiger partial charge in [-0.05, 0) is 29.7 Å². The molecule has 2 aromatic carbocycles. The second kappa shape index (κ2) is 8.67. The highest BCUT2D eigenvalue weighted by atomic mass is 19.1. The molecule has 0 aliphatic carbocycles. The molecule has 0 unspecified atom stereocenters. The lowest BCUT2D eigenvalue weighted by Crippen LogP contribution is -2.38. The molecule has 0 spiro atoms. The van der Waals surface area contributed by atoms with Crippen LogP contribution in [-0.2, 0) is 22.6 Å². The molecule has 0 aromatic heterocycles. The van der Waals surface area contributed by atoms with E-state index in [2.05, 4.69) is 5.32 Å². The number of ether oxygens (including phenoxy) is 1. The van der Waals surface area contributed by atoms with E-state index in [1.54, 1.807) is 12.1 Å². The van der Waals surface area contributed by atoms with E-state index in [1.807, 2.05) is 30.3 Å². The van der Waals surface area contributed by atoms with Crippen molar-refractivity contribution in [3.05, 3.63) is 71.5 Å². The predicted molar refractivity (Wildman–Crippen MR) is 85.9 cm³/mol. The Kier molecular flexibility index (Phi) is 6.31. The molecule has 0 bridgehead atoms. The van der Waals surface area contributed by atoms with Gasteiger partial charge in [0.1, 0.15) is 12.4 Å². The fourth-order valence-electron chi connectivity index (χ4n) is 2.22. The average molecular weight is 331 g/mol. The number of carbonyl (C=O) groups excluding carboxylic acids is 1. The van der Waals surface area contributed by atoms with Crippen LogP contribution >= 0.6 is 0 Å². The Morgan fingerprint density at radius 1 is 1.04 bits per heavy atom. The molecule has 0 saturated heterocycles. The van der Waals surface area contributed by atoms with Gasteiger partial charge in [-0.25, -0.2) is 9.18 Å². The number of benzene rings is 2. The first-order chi connectivity index (χ1) is 11.5. The van der Waals surface area contributed by atoms with Crippen LogP contribution in [-0.4, -0.2) is 23.2 Å². The summed E-state index contributed by atoms with van der Waals surface area (Å²) in [6.07, 6.45) is -0.669. The molecule has 24 heavy (non-hydrogen) atoms. The van der Waals surface area contributed by atoms with E-state index in [0.29, 0.717) is 0 Å². The van der Waals surface area contributed by atoms with Crippen LogP contribution in [0.25, 0.3) is 0 Å². The van der Waals surface area contributed by atoms with Crippen molar-refractivity contribution in [1.29, 1.82) is 0 Å². The van der Waals surface area contributed by atoms with Gasteiger partial charge in [-0.2, -0.15) is 0 Å². The van der Waals surface area contributed by atoms with Crippen LogP contribution < -0.4 is 5.32 Å². The molecule has 2 N–H and O–H groups in total. The van der Waals surface area contributed by atoms with Crippen LogP contribution in [0.5, 0.6) is 0 Å². The maximum atomic E-state index is 12.9. The number of rotatable bonds is 7. The summed E-state index contributed by atoms with van der Waals surface area (Å²) >= 11 is 0. The first-order valence-corrected chi connectivity index (χ1v) is 7.46. The number of halogens is 1. The largest absolute Gasteiger partial charge is 0.481 e. The SMILES string of the molecule is O=C(O)C[C@H](Cc1ccc(F)cc1)NC(=O)OCc1ccccc1. The summed E-state index contributed by atoms with van der Waals surface area (Å²) < 4.78 is 18.0. The van der Waals surface area contributed by atoms with Crippen molar-refractivity contribution < 1.29 is 23.8 Å². The molecule has 5 nitrogen and oxygen atoms in total. The van der Waals surface area contributed by atoms with Crippen LogP contribution in [0.15, 0.2) is 54.6 Å². The average Bonchev–Trinajstić information content (AvgIpc) is 2.55. The minimum atomic E-state index is -1.04. The molecule has 1 amide bonds. The lowest BCUT2D eigenvalue weighted by Gasteiger charge is -2.17. The molecular formula is C18H18FNO4. The molecule has 6 heteroatoms.